The second kappa shape index (κ2) is 6.44. The summed E-state index contributed by atoms with van der Waals surface area (Å²) in [4.78, 5) is 0. The van der Waals surface area contributed by atoms with Crippen molar-refractivity contribution in [2.24, 2.45) is 0 Å². The number of benzene rings is 1. The Hall–Kier alpha value is -0.730. The topological polar surface area (TPSA) is 29.5 Å². The van der Waals surface area contributed by atoms with Gasteiger partial charge in [0.15, 0.2) is 0 Å². The summed E-state index contributed by atoms with van der Waals surface area (Å²) in [5.74, 6) is 0.820. The molecule has 2 nitrogen and oxygen atoms in total. The first kappa shape index (κ1) is 15.3. The molecular weight excluding hydrogens is 248 g/mol. The highest BCUT2D eigenvalue weighted by atomic mass is 35.5. The maximum atomic E-state index is 8.88. The summed E-state index contributed by atoms with van der Waals surface area (Å²) in [7, 11) is 1.66. The lowest BCUT2D eigenvalue weighted by Crippen LogP contribution is -2.12. The minimum atomic E-state index is -0.116. The van der Waals surface area contributed by atoms with Crippen LogP contribution in [0.25, 0.3) is 0 Å². The molecule has 1 rings (SSSR count). The maximum Gasteiger partial charge on any atom is 0.123 e. The minimum absolute atomic E-state index is 0.0919. The van der Waals surface area contributed by atoms with Crippen LogP contribution in [0.5, 0.6) is 5.75 Å². The van der Waals surface area contributed by atoms with Gasteiger partial charge in [-0.2, -0.15) is 0 Å². The zero-order valence-electron chi connectivity index (χ0n) is 11.7. The van der Waals surface area contributed by atoms with E-state index in [1.54, 1.807) is 7.11 Å². The Bertz CT molecular complexity index is 383. The van der Waals surface area contributed by atoms with E-state index in [-0.39, 0.29) is 17.4 Å². The van der Waals surface area contributed by atoms with Crippen molar-refractivity contribution in [2.75, 3.05) is 13.7 Å². The molecule has 0 saturated heterocycles. The third kappa shape index (κ3) is 3.89. The number of hydrogen-bond acceptors (Lipinski definition) is 2. The molecule has 18 heavy (non-hydrogen) atoms. The number of alkyl halides is 1. The maximum absolute atomic E-state index is 8.88. The fraction of sp³-hybridized carbons (Fsp3) is 0.600. The van der Waals surface area contributed by atoms with Gasteiger partial charge in [-0.3, -0.25) is 0 Å². The first-order valence-electron chi connectivity index (χ1n) is 6.33. The third-order valence-corrected chi connectivity index (χ3v) is 3.50. The molecule has 0 radical (unpaired) electrons. The van der Waals surface area contributed by atoms with Crippen LogP contribution in [0.2, 0.25) is 0 Å². The summed E-state index contributed by atoms with van der Waals surface area (Å²) in [6.07, 6.45) is 1.46. The first-order valence-corrected chi connectivity index (χ1v) is 6.77. The van der Waals surface area contributed by atoms with E-state index in [4.69, 9.17) is 21.4 Å². The predicted molar refractivity (Wildman–Crippen MR) is 76.6 cm³/mol. The Morgan fingerprint density at radius 3 is 2.50 bits per heavy atom. The largest absolute Gasteiger partial charge is 0.496 e. The van der Waals surface area contributed by atoms with Gasteiger partial charge in [0.25, 0.3) is 0 Å². The molecule has 0 fully saturated rings. The highest BCUT2D eigenvalue weighted by Crippen LogP contribution is 2.36. The highest BCUT2D eigenvalue weighted by molar-refractivity contribution is 6.21. The zero-order valence-corrected chi connectivity index (χ0v) is 12.4. The Balaban J connectivity index is 3.06. The second-order valence-electron chi connectivity index (χ2n) is 5.54. The van der Waals surface area contributed by atoms with Gasteiger partial charge in [-0.05, 0) is 29.9 Å². The number of aliphatic hydroxyl groups is 1. The molecule has 1 aromatic carbocycles. The number of hydrogen-bond donors (Lipinski definition) is 1. The van der Waals surface area contributed by atoms with E-state index in [2.05, 4.69) is 32.9 Å². The van der Waals surface area contributed by atoms with Gasteiger partial charge in [0.1, 0.15) is 5.75 Å². The predicted octanol–water partition coefficient (Wildman–Crippen LogP) is 4.05. The number of rotatable bonds is 5. The summed E-state index contributed by atoms with van der Waals surface area (Å²) >= 11 is 6.40. The van der Waals surface area contributed by atoms with E-state index in [1.165, 1.54) is 5.56 Å². The molecule has 1 unspecified atom stereocenters. The number of methoxy groups -OCH3 is 1. The van der Waals surface area contributed by atoms with Gasteiger partial charge >= 0.3 is 0 Å². The molecule has 0 aliphatic rings. The molecule has 0 aliphatic heterocycles. The Morgan fingerprint density at radius 2 is 2.00 bits per heavy atom. The van der Waals surface area contributed by atoms with Crippen molar-refractivity contribution in [2.45, 2.75) is 44.4 Å². The molecule has 0 aliphatic carbocycles. The van der Waals surface area contributed by atoms with Crippen molar-refractivity contribution in [3.8, 4) is 5.75 Å². The fourth-order valence-electron chi connectivity index (χ4n) is 1.87. The Kier molecular flexibility index (Phi) is 5.48. The van der Waals surface area contributed by atoms with Crippen molar-refractivity contribution < 1.29 is 9.84 Å². The van der Waals surface area contributed by atoms with Gasteiger partial charge in [0.05, 0.1) is 12.5 Å². The molecule has 0 spiro atoms. The van der Waals surface area contributed by atoms with E-state index in [9.17, 15) is 0 Å². The van der Waals surface area contributed by atoms with E-state index in [0.29, 0.717) is 6.42 Å². The molecule has 0 heterocycles. The molecule has 3 heteroatoms. The minimum Gasteiger partial charge on any atom is -0.496 e. The quantitative estimate of drug-likeness (QED) is 0.818. The Morgan fingerprint density at radius 1 is 1.33 bits per heavy atom. The SMILES string of the molecule is COc1ccc(C(C)(C)C)cc1C(Cl)CCCO. The molecule has 102 valence electrons. The van der Waals surface area contributed by atoms with Crippen LogP contribution in [0, 0.1) is 0 Å². The smallest absolute Gasteiger partial charge is 0.123 e. The summed E-state index contributed by atoms with van der Waals surface area (Å²) in [6.45, 7) is 6.70. The first-order chi connectivity index (χ1) is 8.40. The van der Waals surface area contributed by atoms with Gasteiger partial charge in [0.2, 0.25) is 0 Å². The normalized spacial score (nSPS) is 13.4. The average Bonchev–Trinajstić information content (AvgIpc) is 2.34. The summed E-state index contributed by atoms with van der Waals surface area (Å²) in [6, 6.07) is 6.18. The van der Waals surface area contributed by atoms with Crippen molar-refractivity contribution in [1.29, 1.82) is 0 Å². The molecule has 0 saturated carbocycles. The molecule has 1 atom stereocenters. The summed E-state index contributed by atoms with van der Waals surface area (Å²) in [5, 5.41) is 8.77. The highest BCUT2D eigenvalue weighted by Gasteiger charge is 2.19. The van der Waals surface area contributed by atoms with Gasteiger partial charge in [-0.1, -0.05) is 32.9 Å². The lowest BCUT2D eigenvalue weighted by molar-refractivity contribution is 0.283. The van der Waals surface area contributed by atoms with Crippen LogP contribution in [0.15, 0.2) is 18.2 Å². The van der Waals surface area contributed by atoms with Crippen molar-refractivity contribution >= 4 is 11.6 Å². The van der Waals surface area contributed by atoms with Gasteiger partial charge < -0.3 is 9.84 Å². The molecule has 1 N–H and O–H groups in total. The lowest BCUT2D eigenvalue weighted by atomic mass is 9.85. The molecule has 0 aromatic heterocycles. The van der Waals surface area contributed by atoms with Gasteiger partial charge in [-0.15, -0.1) is 11.6 Å². The van der Waals surface area contributed by atoms with Gasteiger partial charge in [-0.25, -0.2) is 0 Å². The Labute approximate surface area is 115 Å². The zero-order chi connectivity index (χ0) is 13.8. The van der Waals surface area contributed by atoms with E-state index in [1.807, 2.05) is 6.07 Å². The van der Waals surface area contributed by atoms with Crippen LogP contribution in [0.1, 0.15) is 50.1 Å². The number of halogens is 1. The van der Waals surface area contributed by atoms with Crippen LogP contribution in [-0.2, 0) is 5.41 Å². The van der Waals surface area contributed by atoms with Crippen LogP contribution < -0.4 is 4.74 Å². The van der Waals surface area contributed by atoms with Crippen LogP contribution >= 0.6 is 11.6 Å². The third-order valence-electron chi connectivity index (χ3n) is 3.05. The standard InChI is InChI=1S/C15H23ClO2/c1-15(2,3)11-7-8-14(18-4)12(10-11)13(16)6-5-9-17/h7-8,10,13,17H,5-6,9H2,1-4H3. The summed E-state index contributed by atoms with van der Waals surface area (Å²) in [5.41, 5.74) is 2.35. The van der Waals surface area contributed by atoms with Crippen LogP contribution in [0.4, 0.5) is 0 Å². The fourth-order valence-corrected chi connectivity index (χ4v) is 2.20. The van der Waals surface area contributed by atoms with E-state index >= 15 is 0 Å². The summed E-state index contributed by atoms with van der Waals surface area (Å²) < 4.78 is 5.37. The van der Waals surface area contributed by atoms with Crippen molar-refractivity contribution in [3.05, 3.63) is 29.3 Å². The van der Waals surface area contributed by atoms with Crippen LogP contribution in [0.3, 0.4) is 0 Å². The number of aliphatic hydroxyl groups excluding tert-OH is 1. The van der Waals surface area contributed by atoms with Crippen molar-refractivity contribution in [3.63, 3.8) is 0 Å². The molecule has 0 bridgehead atoms. The number of ether oxygens (including phenoxy) is 1. The monoisotopic (exact) mass is 270 g/mol. The average molecular weight is 271 g/mol. The second-order valence-corrected chi connectivity index (χ2v) is 6.07. The van der Waals surface area contributed by atoms with E-state index in [0.717, 1.165) is 17.7 Å². The molecule has 1 aromatic rings. The molecule has 0 amide bonds. The lowest BCUT2D eigenvalue weighted by Gasteiger charge is -2.22. The molecular formula is C15H23ClO2. The van der Waals surface area contributed by atoms with Crippen LogP contribution in [-0.4, -0.2) is 18.8 Å². The van der Waals surface area contributed by atoms with Gasteiger partial charge in [0, 0.05) is 12.2 Å². The van der Waals surface area contributed by atoms with E-state index < -0.39 is 0 Å². The van der Waals surface area contributed by atoms with Crippen molar-refractivity contribution in [1.82, 2.24) is 0 Å².